The first-order valence-corrected chi connectivity index (χ1v) is 11.3. The molecule has 34 heavy (non-hydrogen) atoms. The SMILES string of the molecule is CSC[C@@H](C)C1(C(N)=O)C=CC=CC1C(=O)Nc1ccc(C(F)(C(F)(F)F)C(F)(F)F)cc1C. The van der Waals surface area contributed by atoms with E-state index < -0.39 is 46.7 Å². The number of carbonyl (C=O) groups excluding carboxylic acids is 2. The minimum absolute atomic E-state index is 0.140. The monoisotopic (exact) mass is 512 g/mol. The van der Waals surface area contributed by atoms with Gasteiger partial charge in [-0.1, -0.05) is 43.4 Å². The second-order valence-electron chi connectivity index (χ2n) is 8.05. The van der Waals surface area contributed by atoms with Crippen molar-refractivity contribution in [1.82, 2.24) is 0 Å². The molecular weight excluding hydrogens is 489 g/mol. The second-order valence-corrected chi connectivity index (χ2v) is 8.96. The van der Waals surface area contributed by atoms with Gasteiger partial charge < -0.3 is 11.1 Å². The number of amides is 2. The smallest absolute Gasteiger partial charge is 0.369 e. The molecule has 188 valence electrons. The van der Waals surface area contributed by atoms with Crippen LogP contribution >= 0.6 is 11.8 Å². The van der Waals surface area contributed by atoms with E-state index in [1.807, 2.05) is 0 Å². The first-order chi connectivity index (χ1) is 15.5. The molecule has 0 aromatic heterocycles. The molecule has 0 bridgehead atoms. The molecule has 0 radical (unpaired) electrons. The number of allylic oxidation sites excluding steroid dienone is 2. The minimum atomic E-state index is -6.25. The number of nitrogens with one attached hydrogen (secondary N) is 1. The average Bonchev–Trinajstić information content (AvgIpc) is 2.72. The summed E-state index contributed by atoms with van der Waals surface area (Å²) in [4.78, 5) is 25.6. The lowest BCUT2D eigenvalue weighted by Gasteiger charge is -2.39. The molecule has 2 rings (SSSR count). The molecule has 4 nitrogen and oxygen atoms in total. The Hall–Kier alpha value is -2.50. The zero-order valence-electron chi connectivity index (χ0n) is 18.4. The number of alkyl halides is 7. The van der Waals surface area contributed by atoms with Crippen LogP contribution in [0, 0.1) is 24.2 Å². The van der Waals surface area contributed by atoms with Gasteiger partial charge in [-0.05, 0) is 36.5 Å². The van der Waals surface area contributed by atoms with Gasteiger partial charge in [-0.15, -0.1) is 0 Å². The van der Waals surface area contributed by atoms with E-state index >= 15 is 0 Å². The predicted molar refractivity (Wildman–Crippen MR) is 116 cm³/mol. The number of halogens is 7. The van der Waals surface area contributed by atoms with Crippen molar-refractivity contribution in [3.05, 3.63) is 53.6 Å². The molecule has 3 N–H and O–H groups in total. The standard InChI is InChI=1S/C22H23F7N2O2S/c1-12-10-14(20(23,21(24,25)26)22(27,28)29)7-8-16(12)31-17(32)15-6-4-5-9-19(15,18(30)33)13(2)11-34-3/h4-10,13,15H,11H2,1-3H3,(H2,30,33)(H,31,32)/t13-,15?,19?/m1/s1. The van der Waals surface area contributed by atoms with E-state index in [0.29, 0.717) is 17.9 Å². The van der Waals surface area contributed by atoms with Crippen LogP contribution < -0.4 is 11.1 Å². The predicted octanol–water partition coefficient (Wildman–Crippen LogP) is 5.44. The quantitative estimate of drug-likeness (QED) is 0.479. The summed E-state index contributed by atoms with van der Waals surface area (Å²) in [5, 5.41) is 2.42. The van der Waals surface area contributed by atoms with Crippen molar-refractivity contribution in [1.29, 1.82) is 0 Å². The maximum absolute atomic E-state index is 14.3. The van der Waals surface area contributed by atoms with Gasteiger partial charge in [-0.25, -0.2) is 4.39 Å². The maximum Gasteiger partial charge on any atom is 0.435 e. The number of nitrogens with two attached hydrogens (primary N) is 1. The van der Waals surface area contributed by atoms with Crippen molar-refractivity contribution in [3.8, 4) is 0 Å². The lowest BCUT2D eigenvalue weighted by atomic mass is 9.64. The highest BCUT2D eigenvalue weighted by Gasteiger charge is 2.73. The van der Waals surface area contributed by atoms with E-state index in [4.69, 9.17) is 5.73 Å². The Morgan fingerprint density at radius 1 is 1.12 bits per heavy atom. The summed E-state index contributed by atoms with van der Waals surface area (Å²) in [6.45, 7) is 2.86. The van der Waals surface area contributed by atoms with Crippen LogP contribution in [0.4, 0.5) is 36.4 Å². The van der Waals surface area contributed by atoms with E-state index in [9.17, 15) is 40.3 Å². The molecular formula is C22H23F7N2O2S. The van der Waals surface area contributed by atoms with Gasteiger partial charge in [0.15, 0.2) is 0 Å². The molecule has 0 spiro atoms. The van der Waals surface area contributed by atoms with Crippen molar-refractivity contribution < 1.29 is 40.3 Å². The van der Waals surface area contributed by atoms with Crippen LogP contribution in [-0.2, 0) is 15.3 Å². The van der Waals surface area contributed by atoms with Gasteiger partial charge in [-0.3, -0.25) is 9.59 Å². The molecule has 2 unspecified atom stereocenters. The molecule has 0 fully saturated rings. The Morgan fingerprint density at radius 2 is 1.71 bits per heavy atom. The fraction of sp³-hybridized carbons (Fsp3) is 0.455. The van der Waals surface area contributed by atoms with Crippen molar-refractivity contribution in [2.45, 2.75) is 31.9 Å². The molecule has 0 heterocycles. The Morgan fingerprint density at radius 3 is 2.18 bits per heavy atom. The highest BCUT2D eigenvalue weighted by molar-refractivity contribution is 7.98. The molecule has 0 saturated heterocycles. The maximum atomic E-state index is 14.3. The third-order valence-corrected chi connectivity index (χ3v) is 6.74. The molecule has 0 saturated carbocycles. The lowest BCUT2D eigenvalue weighted by Crippen LogP contribution is -2.51. The van der Waals surface area contributed by atoms with E-state index in [-0.39, 0.29) is 17.2 Å². The molecule has 12 heteroatoms. The zero-order chi connectivity index (χ0) is 26.1. The first-order valence-electron chi connectivity index (χ1n) is 9.93. The van der Waals surface area contributed by atoms with Gasteiger partial charge in [0.05, 0.1) is 11.3 Å². The molecule has 1 aliphatic carbocycles. The summed E-state index contributed by atoms with van der Waals surface area (Å²) in [5.74, 6) is -2.51. The number of benzene rings is 1. The van der Waals surface area contributed by atoms with Crippen molar-refractivity contribution in [2.75, 3.05) is 17.3 Å². The molecule has 1 aromatic rings. The summed E-state index contributed by atoms with van der Waals surface area (Å²) in [6.07, 6.45) is -4.65. The third kappa shape index (κ3) is 4.69. The van der Waals surface area contributed by atoms with E-state index in [2.05, 4.69) is 5.32 Å². The number of anilines is 1. The number of carbonyl (C=O) groups is 2. The van der Waals surface area contributed by atoms with E-state index in [0.717, 1.165) is 13.0 Å². The van der Waals surface area contributed by atoms with Gasteiger partial charge in [0.25, 0.3) is 0 Å². The van der Waals surface area contributed by atoms with Crippen LogP contribution in [-0.4, -0.2) is 36.2 Å². The first kappa shape index (κ1) is 27.7. The van der Waals surface area contributed by atoms with Gasteiger partial charge in [0.1, 0.15) is 0 Å². The summed E-state index contributed by atoms with van der Waals surface area (Å²) in [6, 6.07) is 1.46. The fourth-order valence-corrected chi connectivity index (χ4v) is 4.79. The fourth-order valence-electron chi connectivity index (χ4n) is 4.01. The number of hydrogen-bond acceptors (Lipinski definition) is 3. The number of primary amides is 1. The number of aryl methyl sites for hydroxylation is 1. The van der Waals surface area contributed by atoms with Crippen LogP contribution in [0.2, 0.25) is 0 Å². The van der Waals surface area contributed by atoms with Crippen LogP contribution in [0.25, 0.3) is 0 Å². The van der Waals surface area contributed by atoms with Crippen molar-refractivity contribution in [2.24, 2.45) is 23.0 Å². The average molecular weight is 512 g/mol. The molecule has 2 amide bonds. The van der Waals surface area contributed by atoms with Crippen LogP contribution in [0.5, 0.6) is 0 Å². The van der Waals surface area contributed by atoms with Gasteiger partial charge in [-0.2, -0.15) is 38.1 Å². The number of hydrogen-bond donors (Lipinski definition) is 2. The molecule has 1 aliphatic rings. The van der Waals surface area contributed by atoms with Crippen molar-refractivity contribution in [3.63, 3.8) is 0 Å². The van der Waals surface area contributed by atoms with Gasteiger partial charge in [0, 0.05) is 11.3 Å². The zero-order valence-corrected chi connectivity index (χ0v) is 19.2. The highest BCUT2D eigenvalue weighted by atomic mass is 32.2. The Kier molecular flexibility index (Phi) is 7.86. The lowest BCUT2D eigenvalue weighted by molar-refractivity contribution is -0.348. The van der Waals surface area contributed by atoms with Crippen LogP contribution in [0.15, 0.2) is 42.5 Å². The van der Waals surface area contributed by atoms with Crippen molar-refractivity contribution >= 4 is 29.3 Å². The summed E-state index contributed by atoms with van der Waals surface area (Å²) in [7, 11) is 0. The van der Waals surface area contributed by atoms with Gasteiger partial charge in [0.2, 0.25) is 11.8 Å². The van der Waals surface area contributed by atoms with Gasteiger partial charge >= 0.3 is 18.0 Å². The third-order valence-electron chi connectivity index (χ3n) is 5.91. The Bertz CT molecular complexity index is 990. The topological polar surface area (TPSA) is 72.2 Å². The summed E-state index contributed by atoms with van der Waals surface area (Å²) < 4.78 is 92.6. The van der Waals surface area contributed by atoms with Crippen LogP contribution in [0.3, 0.4) is 0 Å². The highest BCUT2D eigenvalue weighted by Crippen LogP contribution is 2.53. The molecule has 1 aromatic carbocycles. The number of thioether (sulfide) groups is 1. The van der Waals surface area contributed by atoms with E-state index in [1.54, 1.807) is 19.3 Å². The molecule has 3 atom stereocenters. The Labute approximate surface area is 195 Å². The normalized spacial score (nSPS) is 21.9. The van der Waals surface area contributed by atoms with Crippen LogP contribution in [0.1, 0.15) is 18.1 Å². The summed E-state index contributed by atoms with van der Waals surface area (Å²) in [5.41, 5.74) is -3.37. The minimum Gasteiger partial charge on any atom is -0.369 e. The second kappa shape index (κ2) is 9.63. The number of rotatable bonds is 7. The Balaban J connectivity index is 2.44. The summed E-state index contributed by atoms with van der Waals surface area (Å²) >= 11 is 1.43. The van der Waals surface area contributed by atoms with E-state index in [1.165, 1.54) is 30.0 Å². The largest absolute Gasteiger partial charge is 0.435 e. The molecule has 0 aliphatic heterocycles.